The number of fused-ring (bicyclic) bond motifs is 2. The lowest BCUT2D eigenvalue weighted by Crippen LogP contribution is -2.03. The van der Waals surface area contributed by atoms with E-state index in [0.717, 1.165) is 11.3 Å². The van der Waals surface area contributed by atoms with E-state index in [9.17, 15) is 4.79 Å². The Bertz CT molecular complexity index is 1320. The van der Waals surface area contributed by atoms with Crippen LogP contribution in [0.5, 0.6) is 11.5 Å². The normalized spacial score (nSPS) is 11.1. The minimum atomic E-state index is -0.0447. The average molecular weight is 368 g/mol. The summed E-state index contributed by atoms with van der Waals surface area (Å²) in [4.78, 5) is 16.9. The van der Waals surface area contributed by atoms with Gasteiger partial charge >= 0.3 is 0 Å². The van der Waals surface area contributed by atoms with Crippen LogP contribution in [0.4, 0.5) is 0 Å². The molecule has 0 saturated carbocycles. The minimum absolute atomic E-state index is 0.0447. The number of hydrogen-bond acceptors (Lipinski definition) is 4. The van der Waals surface area contributed by atoms with E-state index in [0.29, 0.717) is 34.2 Å². The summed E-state index contributed by atoms with van der Waals surface area (Å²) in [5, 5.41) is 1.11. The summed E-state index contributed by atoms with van der Waals surface area (Å²) in [5.41, 5.74) is 2.05. The highest BCUT2D eigenvalue weighted by atomic mass is 16.5. The van der Waals surface area contributed by atoms with Gasteiger partial charge in [0.15, 0.2) is 0 Å². The highest BCUT2D eigenvalue weighted by Gasteiger charge is 2.10. The smallest absolute Gasteiger partial charge is 0.200 e. The maximum absolute atomic E-state index is 12.9. The Kier molecular flexibility index (Phi) is 3.91. The average Bonchev–Trinajstić information content (AvgIpc) is 3.22. The molecule has 5 rings (SSSR count). The number of hydrogen-bond donors (Lipinski definition) is 0. The second-order valence-corrected chi connectivity index (χ2v) is 6.57. The van der Waals surface area contributed by atoms with Crippen LogP contribution in [0.3, 0.4) is 0 Å². The van der Waals surface area contributed by atoms with Crippen LogP contribution in [0.25, 0.3) is 21.9 Å². The second kappa shape index (κ2) is 6.70. The molecule has 0 fully saturated rings. The van der Waals surface area contributed by atoms with E-state index >= 15 is 0 Å². The quantitative estimate of drug-likeness (QED) is 0.420. The number of benzene rings is 3. The van der Waals surface area contributed by atoms with Crippen molar-refractivity contribution >= 4 is 21.9 Å². The molecule has 0 aliphatic rings. The van der Waals surface area contributed by atoms with Crippen LogP contribution in [0.2, 0.25) is 0 Å². The molecule has 5 nitrogen and oxygen atoms in total. The van der Waals surface area contributed by atoms with Gasteiger partial charge in [-0.25, -0.2) is 4.98 Å². The van der Waals surface area contributed by atoms with Crippen LogP contribution in [-0.2, 0) is 6.54 Å². The Morgan fingerprint density at radius 3 is 2.46 bits per heavy atom. The van der Waals surface area contributed by atoms with Crippen molar-refractivity contribution in [1.29, 1.82) is 0 Å². The van der Waals surface area contributed by atoms with Gasteiger partial charge < -0.3 is 13.7 Å². The predicted molar refractivity (Wildman–Crippen MR) is 108 cm³/mol. The molecule has 3 aromatic carbocycles. The van der Waals surface area contributed by atoms with Gasteiger partial charge in [-0.1, -0.05) is 24.3 Å². The van der Waals surface area contributed by atoms with E-state index in [4.69, 9.17) is 9.15 Å². The molecule has 0 unspecified atom stereocenters. The van der Waals surface area contributed by atoms with Crippen molar-refractivity contribution < 1.29 is 9.15 Å². The molecule has 2 heterocycles. The maximum Gasteiger partial charge on any atom is 0.200 e. The van der Waals surface area contributed by atoms with Crippen molar-refractivity contribution in [1.82, 2.24) is 9.55 Å². The maximum atomic E-state index is 12.9. The van der Waals surface area contributed by atoms with Crippen molar-refractivity contribution in [2.24, 2.45) is 0 Å². The molecule has 0 aliphatic carbocycles. The Morgan fingerprint density at radius 1 is 0.893 bits per heavy atom. The van der Waals surface area contributed by atoms with Gasteiger partial charge in [-0.3, -0.25) is 4.79 Å². The van der Waals surface area contributed by atoms with Crippen molar-refractivity contribution in [3.63, 3.8) is 0 Å². The van der Waals surface area contributed by atoms with Crippen molar-refractivity contribution in [2.45, 2.75) is 6.54 Å². The topological polar surface area (TPSA) is 57.3 Å². The summed E-state index contributed by atoms with van der Waals surface area (Å²) in [5.74, 6) is 1.35. The van der Waals surface area contributed by atoms with Gasteiger partial charge in [0.2, 0.25) is 5.43 Å². The SMILES string of the molecule is O=c1c2ccc(Cn3ccnc3)cc2oc2cc(Oc3ccccc3)ccc12. The highest BCUT2D eigenvalue weighted by Crippen LogP contribution is 2.27. The van der Waals surface area contributed by atoms with Crippen molar-refractivity contribution in [2.75, 3.05) is 0 Å². The lowest BCUT2D eigenvalue weighted by molar-refractivity contribution is 0.482. The van der Waals surface area contributed by atoms with Gasteiger partial charge in [-0.2, -0.15) is 0 Å². The van der Waals surface area contributed by atoms with Crippen LogP contribution in [0, 0.1) is 0 Å². The second-order valence-electron chi connectivity index (χ2n) is 6.57. The van der Waals surface area contributed by atoms with E-state index in [2.05, 4.69) is 4.98 Å². The summed E-state index contributed by atoms with van der Waals surface area (Å²) in [7, 11) is 0. The van der Waals surface area contributed by atoms with E-state index in [1.54, 1.807) is 30.7 Å². The summed E-state index contributed by atoms with van der Waals surface area (Å²) in [6, 6.07) is 20.5. The van der Waals surface area contributed by atoms with E-state index < -0.39 is 0 Å². The molecule has 5 heteroatoms. The van der Waals surface area contributed by atoms with E-state index in [1.807, 2.05) is 59.3 Å². The lowest BCUT2D eigenvalue weighted by atomic mass is 10.1. The molecule has 0 aliphatic heterocycles. The predicted octanol–water partition coefficient (Wildman–Crippen LogP) is 4.98. The van der Waals surface area contributed by atoms with Gasteiger partial charge in [-0.15, -0.1) is 0 Å². The fourth-order valence-electron chi connectivity index (χ4n) is 3.25. The molecule has 136 valence electrons. The highest BCUT2D eigenvalue weighted by molar-refractivity contribution is 5.90. The molecule has 0 saturated heterocycles. The van der Waals surface area contributed by atoms with Crippen molar-refractivity contribution in [3.8, 4) is 11.5 Å². The fourth-order valence-corrected chi connectivity index (χ4v) is 3.25. The van der Waals surface area contributed by atoms with Crippen LogP contribution in [0.1, 0.15) is 5.56 Å². The van der Waals surface area contributed by atoms with Gasteiger partial charge in [0.05, 0.1) is 17.1 Å². The largest absolute Gasteiger partial charge is 0.457 e. The summed E-state index contributed by atoms with van der Waals surface area (Å²) >= 11 is 0. The zero-order chi connectivity index (χ0) is 18.9. The number of ether oxygens (including phenoxy) is 1. The van der Waals surface area contributed by atoms with Crippen LogP contribution < -0.4 is 10.2 Å². The molecule has 0 atom stereocenters. The van der Waals surface area contributed by atoms with Crippen LogP contribution in [-0.4, -0.2) is 9.55 Å². The summed E-state index contributed by atoms with van der Waals surface area (Å²) < 4.78 is 13.9. The summed E-state index contributed by atoms with van der Waals surface area (Å²) in [6.45, 7) is 0.662. The van der Waals surface area contributed by atoms with E-state index in [1.165, 1.54) is 0 Å². The Labute approximate surface area is 160 Å². The Hall–Kier alpha value is -3.86. The third-order valence-corrected chi connectivity index (χ3v) is 4.61. The molecule has 0 spiro atoms. The molecule has 28 heavy (non-hydrogen) atoms. The van der Waals surface area contributed by atoms with Crippen molar-refractivity contribution in [3.05, 3.63) is 101 Å². The molecule has 0 radical (unpaired) electrons. The van der Waals surface area contributed by atoms with Gasteiger partial charge in [0.1, 0.15) is 22.7 Å². The Balaban J connectivity index is 1.58. The number of nitrogens with zero attached hydrogens (tertiary/aromatic N) is 2. The first-order valence-electron chi connectivity index (χ1n) is 8.94. The summed E-state index contributed by atoms with van der Waals surface area (Å²) in [6.07, 6.45) is 5.39. The minimum Gasteiger partial charge on any atom is -0.457 e. The zero-order valence-corrected chi connectivity index (χ0v) is 14.9. The molecular weight excluding hydrogens is 352 g/mol. The molecular formula is C23H16N2O3. The molecule has 5 aromatic rings. The monoisotopic (exact) mass is 368 g/mol. The van der Waals surface area contributed by atoms with Gasteiger partial charge in [0, 0.05) is 25.0 Å². The molecule has 0 amide bonds. The third-order valence-electron chi connectivity index (χ3n) is 4.61. The zero-order valence-electron chi connectivity index (χ0n) is 14.9. The van der Waals surface area contributed by atoms with Crippen LogP contribution in [0.15, 0.2) is 94.7 Å². The number of para-hydroxylation sites is 1. The fraction of sp³-hybridized carbons (Fsp3) is 0.0435. The first-order valence-corrected chi connectivity index (χ1v) is 8.94. The van der Waals surface area contributed by atoms with Gasteiger partial charge in [-0.05, 0) is 42.0 Å². The first kappa shape index (κ1) is 16.3. The molecule has 0 N–H and O–H groups in total. The van der Waals surface area contributed by atoms with Gasteiger partial charge in [0.25, 0.3) is 0 Å². The van der Waals surface area contributed by atoms with E-state index in [-0.39, 0.29) is 5.43 Å². The third kappa shape index (κ3) is 3.03. The number of aromatic nitrogens is 2. The molecule has 2 aromatic heterocycles. The first-order chi connectivity index (χ1) is 13.8. The Morgan fingerprint density at radius 2 is 1.68 bits per heavy atom. The number of imidazole rings is 1. The standard InChI is InChI=1S/C23H16N2O3/c26-23-19-8-6-16(14-25-11-10-24-15-25)12-21(19)28-22-13-18(7-9-20(22)23)27-17-4-2-1-3-5-17/h1-13,15H,14H2. The molecule has 0 bridgehead atoms. The lowest BCUT2D eigenvalue weighted by Gasteiger charge is -2.08. The van der Waals surface area contributed by atoms with Crippen LogP contribution >= 0.6 is 0 Å². The number of rotatable bonds is 4.